The van der Waals surface area contributed by atoms with Crippen molar-refractivity contribution in [2.75, 3.05) is 5.32 Å². The minimum absolute atomic E-state index is 0.0528. The first kappa shape index (κ1) is 18.9. The van der Waals surface area contributed by atoms with Crippen LogP contribution < -0.4 is 5.32 Å². The van der Waals surface area contributed by atoms with Gasteiger partial charge < -0.3 is 5.32 Å². The first-order valence-corrected chi connectivity index (χ1v) is 9.53. The lowest BCUT2D eigenvalue weighted by Crippen LogP contribution is -2.16. The third-order valence-electron chi connectivity index (χ3n) is 4.01. The molecule has 132 valence electrons. The van der Waals surface area contributed by atoms with Crippen LogP contribution in [-0.4, -0.2) is 5.78 Å². The van der Waals surface area contributed by atoms with Gasteiger partial charge in [0.2, 0.25) is 0 Å². The number of ketones is 1. The van der Waals surface area contributed by atoms with Crippen molar-refractivity contribution >= 4 is 45.7 Å². The van der Waals surface area contributed by atoms with Gasteiger partial charge in [0.25, 0.3) is 0 Å². The average molecular weight is 480 g/mol. The summed E-state index contributed by atoms with van der Waals surface area (Å²) < 4.78 is 14.2. The lowest BCUT2D eigenvalue weighted by molar-refractivity contribution is 0.0976. The topological polar surface area (TPSA) is 29.1 Å². The Morgan fingerprint density at radius 2 is 1.58 bits per heavy atom. The number of hydrogen-bond acceptors (Lipinski definition) is 2. The summed E-state index contributed by atoms with van der Waals surface area (Å²) >= 11 is 8.24. The number of hydrogen-bond donors (Lipinski definition) is 1. The first-order valence-electron chi connectivity index (χ1n) is 8.07. The van der Waals surface area contributed by atoms with Crippen molar-refractivity contribution in [3.05, 3.63) is 98.3 Å². The second kappa shape index (κ2) is 8.64. The van der Waals surface area contributed by atoms with Crippen LogP contribution in [0.15, 0.2) is 72.8 Å². The molecule has 5 heteroatoms. The number of Topliss-reactive ketones (excluding diaryl/α,β-unsaturated/α-hetero) is 1. The molecule has 0 spiro atoms. The zero-order valence-corrected chi connectivity index (χ0v) is 16.7. The van der Waals surface area contributed by atoms with Gasteiger partial charge in [0.1, 0.15) is 5.82 Å². The van der Waals surface area contributed by atoms with Gasteiger partial charge in [0, 0.05) is 26.3 Å². The number of carbonyl (C=O) groups excluding carboxylic acids is 1. The Kier molecular flexibility index (Phi) is 6.27. The molecule has 0 fully saturated rings. The van der Waals surface area contributed by atoms with Gasteiger partial charge in [-0.3, -0.25) is 4.79 Å². The molecule has 0 saturated carbocycles. The van der Waals surface area contributed by atoms with Crippen LogP contribution in [0.4, 0.5) is 10.1 Å². The summed E-state index contributed by atoms with van der Waals surface area (Å²) in [5.41, 5.74) is 2.38. The standard InChI is InChI=1S/C21H16ClFINO/c22-16-5-1-14(2-6-16)20(25-19-11-9-18(24)10-12-19)13-21(26)15-3-7-17(23)8-4-15/h1-12,20,25H,13H2. The fourth-order valence-corrected chi connectivity index (χ4v) is 3.12. The quantitative estimate of drug-likeness (QED) is 0.322. The van der Waals surface area contributed by atoms with Gasteiger partial charge >= 0.3 is 0 Å². The van der Waals surface area contributed by atoms with Gasteiger partial charge in [0.05, 0.1) is 6.04 Å². The van der Waals surface area contributed by atoms with Crippen LogP contribution in [0, 0.1) is 9.39 Å². The maximum atomic E-state index is 13.1. The number of rotatable bonds is 6. The van der Waals surface area contributed by atoms with Gasteiger partial charge in [-0.1, -0.05) is 23.7 Å². The van der Waals surface area contributed by atoms with Crippen molar-refractivity contribution in [3.8, 4) is 0 Å². The highest BCUT2D eigenvalue weighted by Crippen LogP contribution is 2.26. The molecule has 0 bridgehead atoms. The molecular formula is C21H16ClFINO. The van der Waals surface area contributed by atoms with E-state index in [1.54, 1.807) is 0 Å². The van der Waals surface area contributed by atoms with Gasteiger partial charge in [-0.2, -0.15) is 0 Å². The normalized spacial score (nSPS) is 11.8. The molecule has 0 aliphatic heterocycles. The lowest BCUT2D eigenvalue weighted by Gasteiger charge is -2.20. The van der Waals surface area contributed by atoms with Crippen molar-refractivity contribution in [3.63, 3.8) is 0 Å². The van der Waals surface area contributed by atoms with Crippen molar-refractivity contribution in [1.82, 2.24) is 0 Å². The minimum atomic E-state index is -0.354. The van der Waals surface area contributed by atoms with Crippen LogP contribution in [0.5, 0.6) is 0 Å². The van der Waals surface area contributed by atoms with Gasteiger partial charge in [-0.15, -0.1) is 0 Å². The predicted octanol–water partition coefficient (Wildman–Crippen LogP) is 6.51. The highest BCUT2D eigenvalue weighted by Gasteiger charge is 2.17. The van der Waals surface area contributed by atoms with E-state index in [1.807, 2.05) is 48.5 Å². The molecule has 1 N–H and O–H groups in total. The van der Waals surface area contributed by atoms with Crippen LogP contribution in [0.1, 0.15) is 28.4 Å². The van der Waals surface area contributed by atoms with Crippen molar-refractivity contribution in [2.24, 2.45) is 0 Å². The molecule has 0 heterocycles. The Morgan fingerprint density at radius 1 is 0.962 bits per heavy atom. The zero-order valence-electron chi connectivity index (χ0n) is 13.8. The smallest absolute Gasteiger partial charge is 0.165 e. The summed E-state index contributed by atoms with van der Waals surface area (Å²) in [6.07, 6.45) is 0.249. The second-order valence-corrected chi connectivity index (χ2v) is 7.57. The molecule has 0 radical (unpaired) electrons. The molecule has 1 atom stereocenters. The summed E-state index contributed by atoms with van der Waals surface area (Å²) in [5, 5.41) is 4.06. The second-order valence-electron chi connectivity index (χ2n) is 5.89. The fourth-order valence-electron chi connectivity index (χ4n) is 2.63. The number of benzene rings is 3. The zero-order chi connectivity index (χ0) is 18.5. The van der Waals surface area contributed by atoms with Crippen molar-refractivity contribution in [2.45, 2.75) is 12.5 Å². The minimum Gasteiger partial charge on any atom is -0.378 e. The third kappa shape index (κ3) is 5.05. The highest BCUT2D eigenvalue weighted by atomic mass is 127. The summed E-state index contributed by atoms with van der Waals surface area (Å²) in [4.78, 5) is 12.7. The summed E-state index contributed by atoms with van der Waals surface area (Å²) in [5.74, 6) is -0.407. The SMILES string of the molecule is O=C(CC(Nc1ccc(I)cc1)c1ccc(Cl)cc1)c1ccc(F)cc1. The van der Waals surface area contributed by atoms with E-state index in [1.165, 1.54) is 24.3 Å². The molecule has 1 unspecified atom stereocenters. The average Bonchev–Trinajstić information content (AvgIpc) is 2.64. The maximum Gasteiger partial charge on any atom is 0.165 e. The Hall–Kier alpha value is -1.92. The highest BCUT2D eigenvalue weighted by molar-refractivity contribution is 14.1. The molecular weight excluding hydrogens is 464 g/mol. The third-order valence-corrected chi connectivity index (χ3v) is 4.98. The van der Waals surface area contributed by atoms with E-state index in [-0.39, 0.29) is 24.1 Å². The van der Waals surface area contributed by atoms with Gasteiger partial charge in [-0.05, 0) is 88.8 Å². The van der Waals surface area contributed by atoms with Crippen LogP contribution >= 0.6 is 34.2 Å². The van der Waals surface area contributed by atoms with Crippen LogP contribution in [-0.2, 0) is 0 Å². The van der Waals surface area contributed by atoms with Crippen LogP contribution in [0.25, 0.3) is 0 Å². The number of anilines is 1. The molecule has 0 aliphatic rings. The van der Waals surface area contributed by atoms with E-state index in [2.05, 4.69) is 27.9 Å². The molecule has 0 aliphatic carbocycles. The molecule has 3 rings (SSSR count). The number of nitrogens with one attached hydrogen (secondary N) is 1. The van der Waals surface area contributed by atoms with E-state index in [0.29, 0.717) is 10.6 Å². The Bertz CT molecular complexity index is 879. The van der Waals surface area contributed by atoms with E-state index < -0.39 is 0 Å². The van der Waals surface area contributed by atoms with Crippen molar-refractivity contribution in [1.29, 1.82) is 0 Å². The van der Waals surface area contributed by atoms with Crippen molar-refractivity contribution < 1.29 is 9.18 Å². The summed E-state index contributed by atoms with van der Waals surface area (Å²) in [6, 6.07) is 20.8. The van der Waals surface area contributed by atoms with Crippen LogP contribution in [0.3, 0.4) is 0 Å². The Morgan fingerprint density at radius 3 is 2.19 bits per heavy atom. The molecule has 3 aromatic rings. The number of halogens is 3. The van der Waals surface area contributed by atoms with E-state index in [0.717, 1.165) is 14.8 Å². The largest absolute Gasteiger partial charge is 0.378 e. The maximum absolute atomic E-state index is 13.1. The first-order chi connectivity index (χ1) is 12.5. The summed E-state index contributed by atoms with van der Waals surface area (Å²) in [7, 11) is 0. The molecule has 0 amide bonds. The Labute approximate surface area is 170 Å². The fraction of sp³-hybridized carbons (Fsp3) is 0.0952. The summed E-state index contributed by atoms with van der Waals surface area (Å²) in [6.45, 7) is 0. The van der Waals surface area contributed by atoms with Gasteiger partial charge in [-0.25, -0.2) is 4.39 Å². The monoisotopic (exact) mass is 479 g/mol. The van der Waals surface area contributed by atoms with Crippen LogP contribution in [0.2, 0.25) is 5.02 Å². The predicted molar refractivity (Wildman–Crippen MR) is 112 cm³/mol. The molecule has 2 nitrogen and oxygen atoms in total. The molecule has 26 heavy (non-hydrogen) atoms. The molecule has 0 saturated heterocycles. The van der Waals surface area contributed by atoms with E-state index in [4.69, 9.17) is 11.6 Å². The lowest BCUT2D eigenvalue weighted by atomic mass is 9.97. The van der Waals surface area contributed by atoms with Gasteiger partial charge in [0.15, 0.2) is 5.78 Å². The van der Waals surface area contributed by atoms with E-state index >= 15 is 0 Å². The molecule has 0 aromatic heterocycles. The molecule has 3 aromatic carbocycles. The number of carbonyl (C=O) groups is 1. The van der Waals surface area contributed by atoms with E-state index in [9.17, 15) is 9.18 Å². The Balaban J connectivity index is 1.84.